The number of aromatic nitrogens is 2. The fraction of sp³-hybridized carbons (Fsp3) is 0.238. The highest BCUT2D eigenvalue weighted by molar-refractivity contribution is 7.99. The molecule has 0 unspecified atom stereocenters. The number of aryl methyl sites for hydroxylation is 2. The second-order valence-corrected chi connectivity index (χ2v) is 7.00. The quantitative estimate of drug-likeness (QED) is 0.464. The molecule has 5 heteroatoms. The third-order valence-corrected chi connectivity index (χ3v) is 4.92. The number of carbonyl (C=O) groups excluding carboxylic acids is 1. The van der Waals surface area contributed by atoms with Crippen molar-refractivity contribution in [2.75, 3.05) is 12.4 Å². The van der Waals surface area contributed by atoms with Crippen LogP contribution in [0.3, 0.4) is 0 Å². The Labute approximate surface area is 158 Å². The van der Waals surface area contributed by atoms with Gasteiger partial charge in [-0.05, 0) is 32.9 Å². The van der Waals surface area contributed by atoms with E-state index in [1.54, 1.807) is 0 Å². The largest absolute Gasteiger partial charge is 0.465 e. The highest BCUT2D eigenvalue weighted by Gasteiger charge is 2.15. The lowest BCUT2D eigenvalue weighted by Gasteiger charge is -2.12. The summed E-state index contributed by atoms with van der Waals surface area (Å²) in [5.74, 6) is 0.0113. The smallest absolute Gasteiger partial charge is 0.316 e. The average Bonchev–Trinajstić information content (AvgIpc) is 3.05. The highest BCUT2D eigenvalue weighted by Crippen LogP contribution is 2.30. The predicted molar refractivity (Wildman–Crippen MR) is 106 cm³/mol. The molecule has 0 spiro atoms. The Morgan fingerprint density at radius 2 is 1.65 bits per heavy atom. The Kier molecular flexibility index (Phi) is 5.78. The van der Waals surface area contributed by atoms with Crippen LogP contribution < -0.4 is 0 Å². The molecule has 4 nitrogen and oxygen atoms in total. The second-order valence-electron chi connectivity index (χ2n) is 6.06. The fourth-order valence-electron chi connectivity index (χ4n) is 2.63. The molecule has 0 saturated heterocycles. The molecule has 0 atom stereocenters. The molecule has 0 radical (unpaired) electrons. The molecule has 3 rings (SSSR count). The zero-order valence-electron chi connectivity index (χ0n) is 15.2. The average molecular weight is 366 g/mol. The lowest BCUT2D eigenvalue weighted by atomic mass is 10.1. The van der Waals surface area contributed by atoms with E-state index < -0.39 is 0 Å². The number of carbonyl (C=O) groups is 1. The van der Waals surface area contributed by atoms with Crippen LogP contribution in [-0.4, -0.2) is 27.9 Å². The van der Waals surface area contributed by atoms with Gasteiger partial charge in [-0.15, -0.1) is 0 Å². The number of thioether (sulfide) groups is 1. The Bertz CT molecular complexity index is 883. The van der Waals surface area contributed by atoms with Crippen LogP contribution in [-0.2, 0) is 9.53 Å². The van der Waals surface area contributed by atoms with Crippen LogP contribution in [0.1, 0.15) is 18.1 Å². The summed E-state index contributed by atoms with van der Waals surface area (Å²) >= 11 is 1.39. The molecule has 3 aromatic rings. The number of nitrogens with zero attached hydrogens (tertiary/aromatic N) is 2. The molecule has 26 heavy (non-hydrogen) atoms. The summed E-state index contributed by atoms with van der Waals surface area (Å²) in [5, 5.41) is 0.775. The van der Waals surface area contributed by atoms with Crippen LogP contribution in [0.15, 0.2) is 59.9 Å². The number of ether oxygens (including phenoxy) is 1. The van der Waals surface area contributed by atoms with Crippen molar-refractivity contribution in [1.29, 1.82) is 0 Å². The number of hydrogen-bond donors (Lipinski definition) is 0. The van der Waals surface area contributed by atoms with E-state index in [0.717, 1.165) is 22.1 Å². The van der Waals surface area contributed by atoms with Gasteiger partial charge in [0.05, 0.1) is 24.3 Å². The van der Waals surface area contributed by atoms with Gasteiger partial charge < -0.3 is 4.74 Å². The number of hydrogen-bond acceptors (Lipinski definition) is 4. The van der Waals surface area contributed by atoms with Gasteiger partial charge in [-0.1, -0.05) is 59.3 Å². The van der Waals surface area contributed by atoms with Gasteiger partial charge in [0.15, 0.2) is 5.16 Å². The SMILES string of the molecule is CCOC(=O)CSc1ncc(-c2ccc(C)cc2)n1-c1ccc(C)cc1. The first kappa shape index (κ1) is 18.3. The van der Waals surface area contributed by atoms with E-state index in [2.05, 4.69) is 71.9 Å². The van der Waals surface area contributed by atoms with Gasteiger partial charge in [0.25, 0.3) is 0 Å². The van der Waals surface area contributed by atoms with Gasteiger partial charge >= 0.3 is 5.97 Å². The maximum atomic E-state index is 11.7. The van der Waals surface area contributed by atoms with Gasteiger partial charge in [-0.25, -0.2) is 4.98 Å². The van der Waals surface area contributed by atoms with E-state index in [9.17, 15) is 4.79 Å². The predicted octanol–water partition coefficient (Wildman–Crippen LogP) is 4.81. The number of rotatable bonds is 6. The van der Waals surface area contributed by atoms with Crippen molar-refractivity contribution in [3.8, 4) is 16.9 Å². The summed E-state index contributed by atoms with van der Waals surface area (Å²) in [7, 11) is 0. The maximum Gasteiger partial charge on any atom is 0.316 e. The fourth-order valence-corrected chi connectivity index (χ4v) is 3.42. The molecule has 134 valence electrons. The van der Waals surface area contributed by atoms with Crippen molar-refractivity contribution in [3.63, 3.8) is 0 Å². The lowest BCUT2D eigenvalue weighted by Crippen LogP contribution is -2.08. The van der Waals surface area contributed by atoms with Crippen molar-refractivity contribution in [1.82, 2.24) is 9.55 Å². The minimum atomic E-state index is -0.229. The Hall–Kier alpha value is -2.53. The van der Waals surface area contributed by atoms with E-state index >= 15 is 0 Å². The number of imidazole rings is 1. The van der Waals surface area contributed by atoms with Gasteiger partial charge in [0.2, 0.25) is 0 Å². The van der Waals surface area contributed by atoms with Crippen LogP contribution >= 0.6 is 11.8 Å². The third kappa shape index (κ3) is 4.17. The molecule has 1 aromatic heterocycles. The first-order valence-electron chi connectivity index (χ1n) is 8.58. The highest BCUT2D eigenvalue weighted by atomic mass is 32.2. The van der Waals surface area contributed by atoms with E-state index in [1.807, 2.05) is 13.1 Å². The molecule has 0 aliphatic heterocycles. The van der Waals surface area contributed by atoms with Gasteiger partial charge in [0, 0.05) is 11.3 Å². The first-order chi connectivity index (χ1) is 12.6. The first-order valence-corrected chi connectivity index (χ1v) is 9.57. The second kappa shape index (κ2) is 8.23. The number of benzene rings is 2. The van der Waals surface area contributed by atoms with Crippen molar-refractivity contribution >= 4 is 17.7 Å². The summed E-state index contributed by atoms with van der Waals surface area (Å²) in [5.41, 5.74) is 5.53. The monoisotopic (exact) mass is 366 g/mol. The summed E-state index contributed by atoms with van der Waals surface area (Å²) in [6, 6.07) is 16.7. The standard InChI is InChI=1S/C21H22N2O2S/c1-4-25-20(24)14-26-21-22-13-19(17-9-5-15(2)6-10-17)23(21)18-11-7-16(3)8-12-18/h5-13H,4,14H2,1-3H3. The summed E-state index contributed by atoms with van der Waals surface area (Å²) in [6.45, 7) is 6.34. The molecule has 0 aliphatic carbocycles. The molecular formula is C21H22N2O2S. The van der Waals surface area contributed by atoms with E-state index in [4.69, 9.17) is 4.74 Å². The summed E-state index contributed by atoms with van der Waals surface area (Å²) in [4.78, 5) is 16.3. The van der Waals surface area contributed by atoms with Crippen LogP contribution in [0.4, 0.5) is 0 Å². The van der Waals surface area contributed by atoms with Crippen LogP contribution in [0, 0.1) is 13.8 Å². The molecule has 0 saturated carbocycles. The topological polar surface area (TPSA) is 44.1 Å². The van der Waals surface area contributed by atoms with Crippen molar-refractivity contribution in [3.05, 3.63) is 65.9 Å². The Morgan fingerprint density at radius 1 is 1.04 bits per heavy atom. The van der Waals surface area contributed by atoms with Crippen LogP contribution in [0.25, 0.3) is 16.9 Å². The maximum absolute atomic E-state index is 11.7. The zero-order valence-corrected chi connectivity index (χ0v) is 16.0. The molecule has 0 fully saturated rings. The molecule has 0 N–H and O–H groups in total. The normalized spacial score (nSPS) is 10.7. The number of esters is 1. The Balaban J connectivity index is 2.00. The molecule has 2 aromatic carbocycles. The summed E-state index contributed by atoms with van der Waals surface area (Å²) < 4.78 is 7.12. The Morgan fingerprint density at radius 3 is 2.27 bits per heavy atom. The molecule has 0 amide bonds. The van der Waals surface area contributed by atoms with E-state index in [-0.39, 0.29) is 11.7 Å². The van der Waals surface area contributed by atoms with Crippen LogP contribution in [0.5, 0.6) is 0 Å². The van der Waals surface area contributed by atoms with Crippen molar-refractivity contribution in [2.24, 2.45) is 0 Å². The minimum Gasteiger partial charge on any atom is -0.465 e. The van der Waals surface area contributed by atoms with Gasteiger partial charge in [-0.2, -0.15) is 0 Å². The van der Waals surface area contributed by atoms with Gasteiger partial charge in [0.1, 0.15) is 0 Å². The van der Waals surface area contributed by atoms with Gasteiger partial charge in [-0.3, -0.25) is 9.36 Å². The van der Waals surface area contributed by atoms with Crippen molar-refractivity contribution < 1.29 is 9.53 Å². The third-order valence-electron chi connectivity index (χ3n) is 3.99. The molecule has 0 aliphatic rings. The zero-order chi connectivity index (χ0) is 18.5. The molecule has 1 heterocycles. The van der Waals surface area contributed by atoms with Crippen molar-refractivity contribution in [2.45, 2.75) is 25.9 Å². The van der Waals surface area contributed by atoms with E-state index in [0.29, 0.717) is 6.61 Å². The molecular weight excluding hydrogens is 344 g/mol. The lowest BCUT2D eigenvalue weighted by molar-refractivity contribution is -0.139. The molecule has 0 bridgehead atoms. The van der Waals surface area contributed by atoms with Crippen LogP contribution in [0.2, 0.25) is 0 Å². The minimum absolute atomic E-state index is 0.229. The van der Waals surface area contributed by atoms with E-state index in [1.165, 1.54) is 22.9 Å². The summed E-state index contributed by atoms with van der Waals surface area (Å²) in [6.07, 6.45) is 1.86.